The first kappa shape index (κ1) is 19.7. The highest BCUT2D eigenvalue weighted by Gasteiger charge is 2.67. The predicted octanol–water partition coefficient (Wildman–Crippen LogP) is 3.94. The van der Waals surface area contributed by atoms with Crippen molar-refractivity contribution in [3.05, 3.63) is 77.3 Å². The first-order valence-electron chi connectivity index (χ1n) is 11.2. The molecule has 1 aliphatic heterocycles. The van der Waals surface area contributed by atoms with E-state index in [1.807, 2.05) is 30.3 Å². The zero-order valence-corrected chi connectivity index (χ0v) is 18.1. The fraction of sp³-hybridized carbons (Fsp3) is 0.346. The van der Waals surface area contributed by atoms with Gasteiger partial charge >= 0.3 is 0 Å². The van der Waals surface area contributed by atoms with Crippen LogP contribution in [0.1, 0.15) is 12.0 Å². The van der Waals surface area contributed by atoms with Gasteiger partial charge in [-0.05, 0) is 53.9 Å². The van der Waals surface area contributed by atoms with Crippen molar-refractivity contribution in [1.82, 2.24) is 4.90 Å². The number of likely N-dealkylation sites (tertiary alicyclic amines) is 1. The second-order valence-corrected chi connectivity index (χ2v) is 9.84. The quantitative estimate of drug-likeness (QED) is 0.558. The molecular formula is C26H23ClN2O3. The molecular weight excluding hydrogens is 424 g/mol. The van der Waals surface area contributed by atoms with Gasteiger partial charge in [0.15, 0.2) is 0 Å². The summed E-state index contributed by atoms with van der Waals surface area (Å²) in [5.74, 6) is -0.0843. The van der Waals surface area contributed by atoms with Crippen LogP contribution in [0.3, 0.4) is 0 Å². The zero-order chi connectivity index (χ0) is 22.0. The van der Waals surface area contributed by atoms with E-state index in [1.165, 1.54) is 4.90 Å². The number of anilines is 1. The van der Waals surface area contributed by atoms with Crippen LogP contribution in [0.2, 0.25) is 5.02 Å². The molecule has 1 heterocycles. The topological polar surface area (TPSA) is 66.5 Å². The van der Waals surface area contributed by atoms with Crippen molar-refractivity contribution in [2.24, 2.45) is 35.5 Å². The van der Waals surface area contributed by atoms with Crippen molar-refractivity contribution >= 4 is 35.0 Å². The van der Waals surface area contributed by atoms with Crippen LogP contribution < -0.4 is 5.32 Å². The second-order valence-electron chi connectivity index (χ2n) is 9.41. The van der Waals surface area contributed by atoms with E-state index >= 15 is 0 Å². The highest BCUT2D eigenvalue weighted by molar-refractivity contribution is 6.30. The second kappa shape index (κ2) is 7.31. The first-order valence-corrected chi connectivity index (χ1v) is 11.6. The van der Waals surface area contributed by atoms with Gasteiger partial charge in [-0.1, -0.05) is 60.2 Å². The Morgan fingerprint density at radius 3 is 2.25 bits per heavy atom. The lowest BCUT2D eigenvalue weighted by Gasteiger charge is -2.37. The van der Waals surface area contributed by atoms with E-state index in [1.54, 1.807) is 24.3 Å². The Labute approximate surface area is 191 Å². The standard InChI is InChI=1S/C26H23ClN2O3/c27-15-7-4-8-16(12-15)28-24(30)21(11-14-5-2-1-3-6-14)29-25(31)22-17-9-10-18(20-13-19(17)20)23(22)26(29)32/h1-10,12,17-23H,11,13H2,(H,28,30)/t17-,18-,19-,20+,21-,22-,23+/m0/s1. The van der Waals surface area contributed by atoms with Crippen LogP contribution in [-0.2, 0) is 20.8 Å². The molecule has 0 unspecified atom stereocenters. The molecule has 32 heavy (non-hydrogen) atoms. The van der Waals surface area contributed by atoms with Crippen molar-refractivity contribution in [3.63, 3.8) is 0 Å². The molecule has 5 nitrogen and oxygen atoms in total. The van der Waals surface area contributed by atoms with Gasteiger partial charge in [0.2, 0.25) is 17.7 Å². The van der Waals surface area contributed by atoms with Crippen LogP contribution in [0.4, 0.5) is 5.69 Å². The predicted molar refractivity (Wildman–Crippen MR) is 121 cm³/mol. The highest BCUT2D eigenvalue weighted by atomic mass is 35.5. The van der Waals surface area contributed by atoms with Crippen LogP contribution in [0, 0.1) is 35.5 Å². The molecule has 2 aromatic rings. The Balaban J connectivity index is 1.33. The fourth-order valence-corrected chi connectivity index (χ4v) is 6.41. The van der Waals surface area contributed by atoms with Crippen LogP contribution in [0.15, 0.2) is 66.7 Å². The summed E-state index contributed by atoms with van der Waals surface area (Å²) in [6.45, 7) is 0. The third-order valence-corrected chi connectivity index (χ3v) is 7.91. The molecule has 0 aromatic heterocycles. The number of carbonyl (C=O) groups is 3. The van der Waals surface area contributed by atoms with E-state index in [2.05, 4.69) is 17.5 Å². The Morgan fingerprint density at radius 1 is 0.969 bits per heavy atom. The minimum Gasteiger partial charge on any atom is -0.324 e. The minimum absolute atomic E-state index is 0.129. The number of rotatable bonds is 5. The molecule has 4 aliphatic carbocycles. The van der Waals surface area contributed by atoms with Gasteiger partial charge < -0.3 is 5.32 Å². The molecule has 1 N–H and O–H groups in total. The molecule has 5 aliphatic rings. The van der Waals surface area contributed by atoms with Crippen molar-refractivity contribution in [3.8, 4) is 0 Å². The molecule has 7 atom stereocenters. The molecule has 162 valence electrons. The van der Waals surface area contributed by atoms with E-state index in [0.29, 0.717) is 22.5 Å². The molecule has 3 fully saturated rings. The monoisotopic (exact) mass is 446 g/mol. The number of benzene rings is 2. The smallest absolute Gasteiger partial charge is 0.248 e. The van der Waals surface area contributed by atoms with Crippen molar-refractivity contribution < 1.29 is 14.4 Å². The Morgan fingerprint density at radius 2 is 1.62 bits per heavy atom. The lowest BCUT2D eigenvalue weighted by atomic mass is 9.63. The molecule has 1 saturated heterocycles. The normalized spacial score (nSPS) is 32.5. The van der Waals surface area contributed by atoms with Crippen LogP contribution >= 0.6 is 11.6 Å². The largest absolute Gasteiger partial charge is 0.324 e. The average molecular weight is 447 g/mol. The van der Waals surface area contributed by atoms with Crippen LogP contribution in [0.25, 0.3) is 0 Å². The number of amides is 3. The van der Waals surface area contributed by atoms with Crippen LogP contribution in [0.5, 0.6) is 0 Å². The highest BCUT2D eigenvalue weighted by Crippen LogP contribution is 2.65. The molecule has 0 spiro atoms. The fourth-order valence-electron chi connectivity index (χ4n) is 6.22. The number of nitrogens with zero attached hydrogens (tertiary/aromatic N) is 1. The van der Waals surface area contributed by atoms with Gasteiger partial charge in [-0.15, -0.1) is 0 Å². The van der Waals surface area contributed by atoms with Gasteiger partial charge in [-0.2, -0.15) is 0 Å². The molecule has 2 saturated carbocycles. The lowest BCUT2D eigenvalue weighted by molar-refractivity contribution is -0.146. The van der Waals surface area contributed by atoms with Crippen LogP contribution in [-0.4, -0.2) is 28.7 Å². The minimum atomic E-state index is -0.905. The van der Waals surface area contributed by atoms with Gasteiger partial charge in [0, 0.05) is 17.1 Å². The van der Waals surface area contributed by atoms with Gasteiger partial charge in [0.25, 0.3) is 0 Å². The third-order valence-electron chi connectivity index (χ3n) is 7.68. The number of carbonyl (C=O) groups excluding carboxylic acids is 3. The summed E-state index contributed by atoms with van der Waals surface area (Å²) >= 11 is 6.07. The summed E-state index contributed by atoms with van der Waals surface area (Å²) in [4.78, 5) is 42.0. The molecule has 6 heteroatoms. The van der Waals surface area contributed by atoms with E-state index in [0.717, 1.165) is 12.0 Å². The van der Waals surface area contributed by atoms with E-state index in [9.17, 15) is 14.4 Å². The molecule has 2 bridgehead atoms. The number of allylic oxidation sites excluding steroid dienone is 2. The Hall–Kier alpha value is -2.92. The maximum Gasteiger partial charge on any atom is 0.248 e. The summed E-state index contributed by atoms with van der Waals surface area (Å²) in [5.41, 5.74) is 1.44. The van der Waals surface area contributed by atoms with Gasteiger partial charge in [-0.25, -0.2) is 0 Å². The van der Waals surface area contributed by atoms with E-state index in [-0.39, 0.29) is 47.8 Å². The first-order chi connectivity index (χ1) is 15.5. The summed E-state index contributed by atoms with van der Waals surface area (Å²) < 4.78 is 0. The molecule has 7 rings (SSSR count). The maximum atomic E-state index is 13.6. The summed E-state index contributed by atoms with van der Waals surface area (Å²) in [7, 11) is 0. The number of nitrogens with one attached hydrogen (secondary N) is 1. The summed E-state index contributed by atoms with van der Waals surface area (Å²) in [5, 5.41) is 3.38. The molecule has 0 radical (unpaired) electrons. The van der Waals surface area contributed by atoms with E-state index < -0.39 is 6.04 Å². The Kier molecular flexibility index (Phi) is 4.51. The number of imide groups is 1. The van der Waals surface area contributed by atoms with Crippen molar-refractivity contribution in [2.75, 3.05) is 5.32 Å². The van der Waals surface area contributed by atoms with Gasteiger partial charge in [-0.3, -0.25) is 19.3 Å². The molecule has 3 amide bonds. The van der Waals surface area contributed by atoms with Gasteiger partial charge in [0.1, 0.15) is 6.04 Å². The van der Waals surface area contributed by atoms with E-state index in [4.69, 9.17) is 11.6 Å². The van der Waals surface area contributed by atoms with Crippen molar-refractivity contribution in [1.29, 1.82) is 0 Å². The number of hydrogen-bond donors (Lipinski definition) is 1. The third kappa shape index (κ3) is 3.02. The Bertz CT molecular complexity index is 1110. The van der Waals surface area contributed by atoms with Crippen molar-refractivity contribution in [2.45, 2.75) is 18.9 Å². The SMILES string of the molecule is O=C(Nc1cccc(Cl)c1)[C@H](Cc1ccccc1)N1C(=O)[C@@H]2[C@H]3C=C[C@@H]([C@@H]4C[C@H]34)[C@@H]2C1=O. The lowest BCUT2D eigenvalue weighted by Crippen LogP contribution is -2.49. The summed E-state index contributed by atoms with van der Waals surface area (Å²) in [6, 6.07) is 15.5. The molecule has 2 aromatic carbocycles. The average Bonchev–Trinajstić information content (AvgIpc) is 3.57. The summed E-state index contributed by atoms with van der Waals surface area (Å²) in [6.07, 6.45) is 5.68. The maximum absolute atomic E-state index is 13.6. The number of hydrogen-bond acceptors (Lipinski definition) is 3. The van der Waals surface area contributed by atoms with Gasteiger partial charge in [0.05, 0.1) is 11.8 Å². The zero-order valence-electron chi connectivity index (χ0n) is 17.4. The number of halogens is 1.